The number of alkyl halides is 1. The molecule has 3 rings (SSSR count). The van der Waals surface area contributed by atoms with Crippen LogP contribution in [0.25, 0.3) is 0 Å². The Kier molecular flexibility index (Phi) is 3.85. The van der Waals surface area contributed by atoms with Gasteiger partial charge in [-0.15, -0.1) is 11.6 Å². The second-order valence-electron chi connectivity index (χ2n) is 4.28. The molecule has 3 aliphatic rings. The quantitative estimate of drug-likeness (QED) is 0.563. The van der Waals surface area contributed by atoms with Crippen molar-refractivity contribution in [3.63, 3.8) is 0 Å². The molecule has 0 aliphatic carbocycles. The normalized spacial score (nSPS) is 36.8. The first-order valence-corrected chi connectivity index (χ1v) is 6.10. The number of hydrogen-bond donors (Lipinski definition) is 1. The minimum absolute atomic E-state index is 0.627. The van der Waals surface area contributed by atoms with Gasteiger partial charge in [-0.2, -0.15) is 0 Å². The SMILES string of the molecule is ClC/C=C/CNC1CN2CCC1CC2. The lowest BCUT2D eigenvalue weighted by molar-refractivity contribution is 0.0745. The summed E-state index contributed by atoms with van der Waals surface area (Å²) < 4.78 is 0. The zero-order valence-corrected chi connectivity index (χ0v) is 9.34. The van der Waals surface area contributed by atoms with Crippen LogP contribution in [0.5, 0.6) is 0 Å². The molecule has 3 aliphatic heterocycles. The van der Waals surface area contributed by atoms with Crippen molar-refractivity contribution >= 4 is 11.6 Å². The first-order valence-electron chi connectivity index (χ1n) is 5.57. The summed E-state index contributed by atoms with van der Waals surface area (Å²) in [6.45, 7) is 4.86. The molecular weight excluding hydrogens is 196 g/mol. The molecule has 2 nitrogen and oxygen atoms in total. The van der Waals surface area contributed by atoms with Gasteiger partial charge in [-0.3, -0.25) is 0 Å². The molecule has 0 aromatic rings. The topological polar surface area (TPSA) is 15.3 Å². The number of fused-ring (bicyclic) bond motifs is 3. The Balaban J connectivity index is 1.73. The summed E-state index contributed by atoms with van der Waals surface area (Å²) in [5, 5.41) is 3.60. The minimum Gasteiger partial charge on any atom is -0.309 e. The predicted molar refractivity (Wildman–Crippen MR) is 60.8 cm³/mol. The highest BCUT2D eigenvalue weighted by atomic mass is 35.5. The van der Waals surface area contributed by atoms with E-state index in [0.717, 1.165) is 18.5 Å². The molecule has 14 heavy (non-hydrogen) atoms. The number of hydrogen-bond acceptors (Lipinski definition) is 2. The van der Waals surface area contributed by atoms with Crippen molar-refractivity contribution in [1.82, 2.24) is 10.2 Å². The Labute approximate surface area is 91.3 Å². The molecule has 0 aromatic heterocycles. The summed E-state index contributed by atoms with van der Waals surface area (Å²) in [7, 11) is 0. The van der Waals surface area contributed by atoms with Crippen molar-refractivity contribution in [3.8, 4) is 0 Å². The number of rotatable bonds is 4. The van der Waals surface area contributed by atoms with E-state index >= 15 is 0 Å². The number of allylic oxidation sites excluding steroid dienone is 1. The van der Waals surface area contributed by atoms with E-state index in [1.807, 2.05) is 6.08 Å². The fourth-order valence-electron chi connectivity index (χ4n) is 2.56. The van der Waals surface area contributed by atoms with Gasteiger partial charge in [0.25, 0.3) is 0 Å². The standard InChI is InChI=1S/C11H19ClN2/c12-5-1-2-6-13-11-9-14-7-3-10(11)4-8-14/h1-2,10-11,13H,3-9H2/b2-1+. The molecule has 1 atom stereocenters. The largest absolute Gasteiger partial charge is 0.309 e. The maximum Gasteiger partial charge on any atom is 0.0404 e. The van der Waals surface area contributed by atoms with Crippen LogP contribution in [0.3, 0.4) is 0 Å². The summed E-state index contributed by atoms with van der Waals surface area (Å²) in [6.07, 6.45) is 6.91. The van der Waals surface area contributed by atoms with Crippen molar-refractivity contribution < 1.29 is 0 Å². The average molecular weight is 215 g/mol. The Bertz CT molecular complexity index is 197. The van der Waals surface area contributed by atoms with Gasteiger partial charge in [0.05, 0.1) is 0 Å². The van der Waals surface area contributed by atoms with E-state index < -0.39 is 0 Å². The smallest absolute Gasteiger partial charge is 0.0404 e. The Morgan fingerprint density at radius 2 is 2.07 bits per heavy atom. The van der Waals surface area contributed by atoms with Crippen LogP contribution in [-0.4, -0.2) is 43.0 Å². The molecule has 3 saturated heterocycles. The predicted octanol–water partition coefficient (Wildman–Crippen LogP) is 1.47. The number of piperidine rings is 3. The van der Waals surface area contributed by atoms with Crippen LogP contribution in [0.2, 0.25) is 0 Å². The lowest BCUT2D eigenvalue weighted by Gasteiger charge is -2.45. The molecule has 1 unspecified atom stereocenters. The molecule has 80 valence electrons. The average Bonchev–Trinajstić information content (AvgIpc) is 2.26. The van der Waals surface area contributed by atoms with Crippen LogP contribution in [0.15, 0.2) is 12.2 Å². The van der Waals surface area contributed by atoms with Gasteiger partial charge >= 0.3 is 0 Å². The molecule has 0 radical (unpaired) electrons. The van der Waals surface area contributed by atoms with Crippen molar-refractivity contribution in [2.24, 2.45) is 5.92 Å². The maximum atomic E-state index is 5.56. The molecule has 3 fully saturated rings. The van der Waals surface area contributed by atoms with Crippen molar-refractivity contribution in [1.29, 1.82) is 0 Å². The number of nitrogens with one attached hydrogen (secondary N) is 1. The van der Waals surface area contributed by atoms with Crippen LogP contribution in [0.1, 0.15) is 12.8 Å². The van der Waals surface area contributed by atoms with Gasteiger partial charge in [-0.05, 0) is 31.8 Å². The van der Waals surface area contributed by atoms with E-state index in [9.17, 15) is 0 Å². The van der Waals surface area contributed by atoms with Gasteiger partial charge in [0.15, 0.2) is 0 Å². The lowest BCUT2D eigenvalue weighted by Crippen LogP contribution is -2.56. The molecule has 2 bridgehead atoms. The summed E-state index contributed by atoms with van der Waals surface area (Å²) in [5.74, 6) is 1.55. The van der Waals surface area contributed by atoms with Gasteiger partial charge < -0.3 is 10.2 Å². The molecule has 0 spiro atoms. The Morgan fingerprint density at radius 3 is 2.64 bits per heavy atom. The monoisotopic (exact) mass is 214 g/mol. The molecule has 1 N–H and O–H groups in total. The fraction of sp³-hybridized carbons (Fsp3) is 0.818. The molecule has 3 heteroatoms. The number of halogens is 1. The van der Waals surface area contributed by atoms with E-state index in [-0.39, 0.29) is 0 Å². The van der Waals surface area contributed by atoms with Gasteiger partial charge in [0.2, 0.25) is 0 Å². The minimum atomic E-state index is 0.627. The first-order chi connectivity index (χ1) is 6.90. The van der Waals surface area contributed by atoms with Crippen LogP contribution in [0, 0.1) is 5.92 Å². The Morgan fingerprint density at radius 1 is 1.29 bits per heavy atom. The lowest BCUT2D eigenvalue weighted by atomic mass is 9.84. The van der Waals surface area contributed by atoms with Crippen molar-refractivity contribution in [2.75, 3.05) is 32.1 Å². The zero-order chi connectivity index (χ0) is 9.80. The van der Waals surface area contributed by atoms with Gasteiger partial charge in [0.1, 0.15) is 0 Å². The summed E-state index contributed by atoms with van der Waals surface area (Å²) in [5.41, 5.74) is 0. The van der Waals surface area contributed by atoms with Crippen molar-refractivity contribution in [3.05, 3.63) is 12.2 Å². The summed E-state index contributed by atoms with van der Waals surface area (Å²) in [6, 6.07) is 0.720. The highest BCUT2D eigenvalue weighted by molar-refractivity contribution is 6.18. The van der Waals surface area contributed by atoms with Gasteiger partial charge in [-0.25, -0.2) is 0 Å². The fourth-order valence-corrected chi connectivity index (χ4v) is 2.69. The second-order valence-corrected chi connectivity index (χ2v) is 4.59. The van der Waals surface area contributed by atoms with E-state index in [4.69, 9.17) is 11.6 Å². The zero-order valence-electron chi connectivity index (χ0n) is 8.58. The highest BCUT2D eigenvalue weighted by Crippen LogP contribution is 2.27. The van der Waals surface area contributed by atoms with Gasteiger partial charge in [0, 0.05) is 25.0 Å². The Hall–Kier alpha value is -0.0500. The molecule has 3 heterocycles. The van der Waals surface area contributed by atoms with E-state index in [1.165, 1.54) is 32.5 Å². The van der Waals surface area contributed by atoms with Crippen LogP contribution in [-0.2, 0) is 0 Å². The van der Waals surface area contributed by atoms with Crippen LogP contribution in [0.4, 0.5) is 0 Å². The molecule has 0 amide bonds. The van der Waals surface area contributed by atoms with E-state index in [0.29, 0.717) is 5.88 Å². The third-order valence-corrected chi connectivity index (χ3v) is 3.59. The van der Waals surface area contributed by atoms with E-state index in [2.05, 4.69) is 16.3 Å². The third-order valence-electron chi connectivity index (χ3n) is 3.41. The van der Waals surface area contributed by atoms with Crippen LogP contribution >= 0.6 is 11.6 Å². The van der Waals surface area contributed by atoms with Crippen LogP contribution < -0.4 is 5.32 Å². The number of nitrogens with zero attached hydrogens (tertiary/aromatic N) is 1. The summed E-state index contributed by atoms with van der Waals surface area (Å²) >= 11 is 5.56. The molecule has 0 aromatic carbocycles. The third kappa shape index (κ3) is 2.50. The first kappa shape index (κ1) is 10.5. The van der Waals surface area contributed by atoms with Gasteiger partial charge in [-0.1, -0.05) is 12.2 Å². The molecular formula is C11H19ClN2. The summed E-state index contributed by atoms with van der Waals surface area (Å²) in [4.78, 5) is 2.57. The van der Waals surface area contributed by atoms with Crippen molar-refractivity contribution in [2.45, 2.75) is 18.9 Å². The highest BCUT2D eigenvalue weighted by Gasteiger charge is 2.33. The molecule has 0 saturated carbocycles. The maximum absolute atomic E-state index is 5.56. The van der Waals surface area contributed by atoms with E-state index in [1.54, 1.807) is 0 Å². The second kappa shape index (κ2) is 5.15.